The fraction of sp³-hybridized carbons (Fsp3) is 0.455. The number of nitrogens with zero attached hydrogens (tertiary/aromatic N) is 2. The Balaban J connectivity index is 1.61. The number of hydrogen-bond donors (Lipinski definition) is 3. The van der Waals surface area contributed by atoms with Crippen molar-refractivity contribution in [2.45, 2.75) is 43.0 Å². The zero-order valence-corrected chi connectivity index (χ0v) is 18.3. The molecule has 4 rings (SSSR count). The van der Waals surface area contributed by atoms with Crippen LogP contribution in [0.5, 0.6) is 0 Å². The summed E-state index contributed by atoms with van der Waals surface area (Å²) in [7, 11) is -3.77. The first-order chi connectivity index (χ1) is 15.0. The number of carbonyl (C=O) groups is 1. The van der Waals surface area contributed by atoms with Crippen LogP contribution in [-0.4, -0.2) is 51.5 Å². The number of piperazine rings is 1. The van der Waals surface area contributed by atoms with Crippen LogP contribution in [-0.2, 0) is 10.0 Å². The van der Waals surface area contributed by atoms with E-state index in [-0.39, 0.29) is 22.5 Å². The summed E-state index contributed by atoms with van der Waals surface area (Å²) in [6, 6.07) is 9.91. The van der Waals surface area contributed by atoms with Gasteiger partial charge in [0.25, 0.3) is 15.9 Å². The van der Waals surface area contributed by atoms with Gasteiger partial charge in [0.15, 0.2) is 0 Å². The van der Waals surface area contributed by atoms with Crippen molar-refractivity contribution in [1.82, 2.24) is 15.6 Å². The molecule has 0 radical (unpaired) electrons. The minimum atomic E-state index is -3.77. The first-order valence-corrected chi connectivity index (χ1v) is 12.4. The summed E-state index contributed by atoms with van der Waals surface area (Å²) in [6.45, 7) is 3.11. The molecular weight excluding hydrogens is 414 g/mol. The summed E-state index contributed by atoms with van der Waals surface area (Å²) in [4.78, 5) is 19.9. The third-order valence-corrected chi connectivity index (χ3v) is 7.17. The van der Waals surface area contributed by atoms with E-state index in [1.165, 1.54) is 24.8 Å². The van der Waals surface area contributed by atoms with Gasteiger partial charge in [0.1, 0.15) is 5.82 Å². The number of rotatable bonds is 6. The van der Waals surface area contributed by atoms with Crippen molar-refractivity contribution < 1.29 is 13.2 Å². The molecule has 1 aliphatic heterocycles. The summed E-state index contributed by atoms with van der Waals surface area (Å²) in [6.07, 6.45) is 6.87. The minimum absolute atomic E-state index is 0.154. The molecule has 1 amide bonds. The number of aromatic nitrogens is 1. The Kier molecular flexibility index (Phi) is 6.72. The maximum atomic E-state index is 13.2. The third-order valence-electron chi connectivity index (χ3n) is 5.77. The van der Waals surface area contributed by atoms with Crippen molar-refractivity contribution in [1.29, 1.82) is 0 Å². The van der Waals surface area contributed by atoms with E-state index in [0.717, 1.165) is 51.9 Å². The first kappa shape index (κ1) is 21.6. The van der Waals surface area contributed by atoms with E-state index in [9.17, 15) is 13.2 Å². The van der Waals surface area contributed by atoms with E-state index in [1.54, 1.807) is 24.3 Å². The monoisotopic (exact) mass is 443 g/mol. The van der Waals surface area contributed by atoms with Crippen molar-refractivity contribution in [2.24, 2.45) is 0 Å². The second kappa shape index (κ2) is 9.65. The Morgan fingerprint density at radius 2 is 1.77 bits per heavy atom. The van der Waals surface area contributed by atoms with Gasteiger partial charge >= 0.3 is 0 Å². The lowest BCUT2D eigenvalue weighted by molar-refractivity contribution is 0.0928. The standard InChI is InChI=1S/C22H29N5O3S/c28-22(25-17-7-3-1-4-8-17)20-15-18(16-24-21(20)27-13-11-23-12-14-27)26-31(29,30)19-9-5-2-6-10-19/h2,5-6,9-10,15-17,23,26H,1,3-4,7-8,11-14H2,(H,25,28). The third kappa shape index (κ3) is 5.34. The van der Waals surface area contributed by atoms with Crippen LogP contribution in [0.2, 0.25) is 0 Å². The first-order valence-electron chi connectivity index (χ1n) is 10.9. The summed E-state index contributed by atoms with van der Waals surface area (Å²) in [5.74, 6) is 0.395. The lowest BCUT2D eigenvalue weighted by Gasteiger charge is -2.30. The SMILES string of the molecule is O=C(NC1CCCCC1)c1cc(NS(=O)(=O)c2ccccc2)cnc1N1CCNCC1. The summed E-state index contributed by atoms with van der Waals surface area (Å²) >= 11 is 0. The number of sulfonamides is 1. The average Bonchev–Trinajstić information content (AvgIpc) is 2.80. The molecule has 0 bridgehead atoms. The molecule has 2 aromatic rings. The quantitative estimate of drug-likeness (QED) is 0.633. The van der Waals surface area contributed by atoms with Crippen LogP contribution < -0.4 is 20.3 Å². The lowest BCUT2D eigenvalue weighted by atomic mass is 9.95. The summed E-state index contributed by atoms with van der Waals surface area (Å²) in [5.41, 5.74) is 0.678. The van der Waals surface area contributed by atoms with Crippen LogP contribution in [0, 0.1) is 0 Å². The number of pyridine rings is 1. The summed E-state index contributed by atoms with van der Waals surface area (Å²) in [5, 5.41) is 6.44. The molecule has 166 valence electrons. The smallest absolute Gasteiger partial charge is 0.261 e. The Morgan fingerprint density at radius 3 is 2.48 bits per heavy atom. The Bertz CT molecular complexity index is 1000. The number of amides is 1. The van der Waals surface area contributed by atoms with Crippen molar-refractivity contribution in [2.75, 3.05) is 35.8 Å². The molecule has 1 aliphatic carbocycles. The molecule has 1 saturated carbocycles. The van der Waals surface area contributed by atoms with Gasteiger partial charge in [-0.1, -0.05) is 37.5 Å². The summed E-state index contributed by atoms with van der Waals surface area (Å²) < 4.78 is 28.0. The maximum Gasteiger partial charge on any atom is 0.261 e. The van der Waals surface area contributed by atoms with Gasteiger partial charge in [-0.15, -0.1) is 0 Å². The van der Waals surface area contributed by atoms with E-state index in [4.69, 9.17) is 0 Å². The Morgan fingerprint density at radius 1 is 1.06 bits per heavy atom. The predicted octanol–water partition coefficient (Wildman–Crippen LogP) is 2.35. The van der Waals surface area contributed by atoms with Gasteiger partial charge in [0.05, 0.1) is 22.3 Å². The molecule has 9 heteroatoms. The fourth-order valence-corrected chi connectivity index (χ4v) is 5.19. The van der Waals surface area contributed by atoms with Crippen molar-refractivity contribution in [3.05, 3.63) is 48.2 Å². The van der Waals surface area contributed by atoms with Crippen LogP contribution in [0.4, 0.5) is 11.5 Å². The number of hydrogen-bond acceptors (Lipinski definition) is 6. The average molecular weight is 444 g/mol. The molecule has 0 spiro atoms. The molecule has 2 fully saturated rings. The van der Waals surface area contributed by atoms with E-state index < -0.39 is 10.0 Å². The normalized spacial score (nSPS) is 17.9. The van der Waals surface area contributed by atoms with Crippen LogP contribution in [0.3, 0.4) is 0 Å². The molecule has 2 aliphatic rings. The van der Waals surface area contributed by atoms with Gasteiger partial charge in [-0.2, -0.15) is 0 Å². The molecule has 2 heterocycles. The van der Waals surface area contributed by atoms with E-state index in [2.05, 4.69) is 25.2 Å². The molecule has 0 atom stereocenters. The van der Waals surface area contributed by atoms with E-state index >= 15 is 0 Å². The minimum Gasteiger partial charge on any atom is -0.353 e. The van der Waals surface area contributed by atoms with Gasteiger partial charge in [-0.05, 0) is 31.0 Å². The van der Waals surface area contributed by atoms with Crippen LogP contribution in [0.25, 0.3) is 0 Å². The maximum absolute atomic E-state index is 13.2. The van der Waals surface area contributed by atoms with Gasteiger partial charge in [-0.3, -0.25) is 9.52 Å². The van der Waals surface area contributed by atoms with Crippen LogP contribution in [0.15, 0.2) is 47.5 Å². The molecule has 1 saturated heterocycles. The highest BCUT2D eigenvalue weighted by molar-refractivity contribution is 7.92. The second-order valence-corrected chi connectivity index (χ2v) is 9.74. The molecular formula is C22H29N5O3S. The van der Waals surface area contributed by atoms with Crippen LogP contribution >= 0.6 is 0 Å². The van der Waals surface area contributed by atoms with Crippen molar-refractivity contribution in [3.63, 3.8) is 0 Å². The van der Waals surface area contributed by atoms with Gasteiger partial charge in [0, 0.05) is 32.2 Å². The number of carbonyl (C=O) groups excluding carboxylic acids is 1. The van der Waals surface area contributed by atoms with Gasteiger partial charge in [-0.25, -0.2) is 13.4 Å². The fourth-order valence-electron chi connectivity index (χ4n) is 4.13. The van der Waals surface area contributed by atoms with Crippen molar-refractivity contribution >= 4 is 27.4 Å². The molecule has 1 aromatic carbocycles. The van der Waals surface area contributed by atoms with Gasteiger partial charge < -0.3 is 15.5 Å². The molecule has 1 aromatic heterocycles. The highest BCUT2D eigenvalue weighted by atomic mass is 32.2. The highest BCUT2D eigenvalue weighted by Crippen LogP contribution is 2.25. The molecule has 0 unspecified atom stereocenters. The molecule has 8 nitrogen and oxygen atoms in total. The molecule has 31 heavy (non-hydrogen) atoms. The van der Waals surface area contributed by atoms with E-state index in [1.807, 2.05) is 0 Å². The predicted molar refractivity (Wildman–Crippen MR) is 121 cm³/mol. The Hall–Kier alpha value is -2.65. The van der Waals surface area contributed by atoms with Crippen LogP contribution in [0.1, 0.15) is 42.5 Å². The highest BCUT2D eigenvalue weighted by Gasteiger charge is 2.24. The zero-order chi connectivity index (χ0) is 21.7. The topological polar surface area (TPSA) is 103 Å². The largest absolute Gasteiger partial charge is 0.353 e. The number of anilines is 2. The Labute approximate surface area is 183 Å². The van der Waals surface area contributed by atoms with E-state index in [0.29, 0.717) is 11.4 Å². The van der Waals surface area contributed by atoms with Gasteiger partial charge in [0.2, 0.25) is 0 Å². The molecule has 3 N–H and O–H groups in total. The zero-order valence-electron chi connectivity index (χ0n) is 17.5. The van der Waals surface area contributed by atoms with Crippen molar-refractivity contribution in [3.8, 4) is 0 Å². The number of nitrogens with one attached hydrogen (secondary N) is 3. The lowest BCUT2D eigenvalue weighted by Crippen LogP contribution is -2.45. The number of benzene rings is 1. The second-order valence-electron chi connectivity index (χ2n) is 8.06.